The first-order valence-corrected chi connectivity index (χ1v) is 6.22. The number of hydrogen-bond acceptors (Lipinski definition) is 1. The van der Waals surface area contributed by atoms with E-state index in [1.54, 1.807) is 0 Å². The van der Waals surface area contributed by atoms with Crippen molar-refractivity contribution in [2.24, 2.45) is 0 Å². The number of thiophene rings is 1. The van der Waals surface area contributed by atoms with Crippen LogP contribution in [0.4, 0.5) is 0 Å². The first kappa shape index (κ1) is 10.5. The van der Waals surface area contributed by atoms with Crippen molar-refractivity contribution in [3.05, 3.63) is 52.4 Å². The van der Waals surface area contributed by atoms with E-state index in [4.69, 9.17) is 0 Å². The Morgan fingerprint density at radius 2 is 1.67 bits per heavy atom. The molecule has 2 aromatic rings. The molecule has 0 saturated heterocycles. The molecule has 2 rings (SSSR count). The van der Waals surface area contributed by atoms with Crippen LogP contribution < -0.4 is 4.78 Å². The third kappa shape index (κ3) is 2.72. The highest BCUT2D eigenvalue weighted by Crippen LogP contribution is 2.14. The fraction of sp³-hybridized carbons (Fsp3) is 0.231. The molecule has 0 saturated carbocycles. The van der Waals surface area contributed by atoms with Crippen LogP contribution in [0, 0.1) is 0 Å². The molecular weight excluding hydrogens is 199 g/mol. The molecule has 0 unspecified atom stereocenters. The fourth-order valence-corrected chi connectivity index (χ4v) is 2.60. The molecule has 0 spiro atoms. The normalized spacial score (nSPS) is 10.5. The summed E-state index contributed by atoms with van der Waals surface area (Å²) < 4.78 is 1.40. The van der Waals surface area contributed by atoms with Gasteiger partial charge in [-0.3, -0.25) is 0 Å². The molecule has 0 amide bonds. The third-order valence-corrected chi connectivity index (χ3v) is 3.61. The van der Waals surface area contributed by atoms with Gasteiger partial charge in [0, 0.05) is 11.3 Å². The maximum Gasteiger partial charge on any atom is 0.152 e. The van der Waals surface area contributed by atoms with Gasteiger partial charge in [0.15, 0.2) is 7.85 Å². The van der Waals surface area contributed by atoms with Gasteiger partial charge in [-0.1, -0.05) is 37.3 Å². The van der Waals surface area contributed by atoms with Crippen molar-refractivity contribution in [2.45, 2.75) is 19.8 Å². The van der Waals surface area contributed by atoms with Gasteiger partial charge in [-0.05, 0) is 28.4 Å². The van der Waals surface area contributed by atoms with Crippen LogP contribution in [0.15, 0.2) is 36.4 Å². The Labute approximate surface area is 96.4 Å². The average molecular weight is 214 g/mol. The molecule has 0 bridgehead atoms. The van der Waals surface area contributed by atoms with Crippen molar-refractivity contribution in [1.82, 2.24) is 0 Å². The molecule has 0 N–H and O–H groups in total. The maximum absolute atomic E-state index is 2.24. The molecule has 76 valence electrons. The van der Waals surface area contributed by atoms with E-state index in [1.165, 1.54) is 20.8 Å². The number of rotatable bonds is 3. The zero-order chi connectivity index (χ0) is 10.7. The molecule has 0 nitrogen and oxygen atoms in total. The summed E-state index contributed by atoms with van der Waals surface area (Å²) in [6.07, 6.45) is 2.20. The second-order valence-corrected chi connectivity index (χ2v) is 5.23. The van der Waals surface area contributed by atoms with E-state index < -0.39 is 0 Å². The summed E-state index contributed by atoms with van der Waals surface area (Å²) in [6, 6.07) is 13.4. The zero-order valence-corrected chi connectivity index (χ0v) is 10.1. The maximum atomic E-state index is 2.24. The lowest BCUT2D eigenvalue weighted by Gasteiger charge is -2.00. The molecule has 1 aromatic heterocycles. The molecule has 0 atom stereocenters. The van der Waals surface area contributed by atoms with Gasteiger partial charge >= 0.3 is 0 Å². The molecule has 0 aliphatic heterocycles. The summed E-state index contributed by atoms with van der Waals surface area (Å²) in [4.78, 5) is 1.46. The summed E-state index contributed by atoms with van der Waals surface area (Å²) >= 11 is 1.89. The van der Waals surface area contributed by atoms with Crippen molar-refractivity contribution >= 4 is 24.0 Å². The first-order chi connectivity index (χ1) is 7.28. The first-order valence-electron chi connectivity index (χ1n) is 5.41. The number of hydrogen-bond donors (Lipinski definition) is 0. The molecule has 15 heavy (non-hydrogen) atoms. The van der Waals surface area contributed by atoms with Gasteiger partial charge in [0.2, 0.25) is 0 Å². The van der Waals surface area contributed by atoms with Crippen molar-refractivity contribution in [3.63, 3.8) is 0 Å². The predicted octanol–water partition coefficient (Wildman–Crippen LogP) is 2.16. The molecule has 0 fully saturated rings. The Morgan fingerprint density at radius 3 is 2.20 bits per heavy atom. The van der Waals surface area contributed by atoms with E-state index in [1.807, 2.05) is 11.3 Å². The lowest BCUT2D eigenvalue weighted by atomic mass is 10.1. The molecule has 2 heteroatoms. The van der Waals surface area contributed by atoms with Crippen LogP contribution in [0.1, 0.15) is 22.9 Å². The highest BCUT2D eigenvalue weighted by Gasteiger charge is 1.98. The second-order valence-electron chi connectivity index (χ2n) is 3.86. The molecular formula is C13H15BS. The standard InChI is InChI=1S/C13H15BS/c1-2-10-3-5-11(6-4-10)9-12-7-8-13(14)15-12/h3-8H,2,9,14H2,1H3. The largest absolute Gasteiger partial charge is 0.156 e. The van der Waals surface area contributed by atoms with Gasteiger partial charge in [0.1, 0.15) is 0 Å². The van der Waals surface area contributed by atoms with Crippen LogP contribution in [0.5, 0.6) is 0 Å². The monoisotopic (exact) mass is 214 g/mol. The summed E-state index contributed by atoms with van der Waals surface area (Å²) in [6.45, 7) is 2.19. The highest BCUT2D eigenvalue weighted by molar-refractivity contribution is 7.20. The van der Waals surface area contributed by atoms with Crippen LogP contribution in [0.25, 0.3) is 0 Å². The third-order valence-electron chi connectivity index (χ3n) is 2.61. The zero-order valence-electron chi connectivity index (χ0n) is 9.29. The van der Waals surface area contributed by atoms with E-state index in [9.17, 15) is 0 Å². The summed E-state index contributed by atoms with van der Waals surface area (Å²) in [5, 5.41) is 0. The van der Waals surface area contributed by atoms with E-state index in [0.29, 0.717) is 0 Å². The molecule has 1 aromatic carbocycles. The van der Waals surface area contributed by atoms with Crippen LogP contribution in [0.2, 0.25) is 0 Å². The Balaban J connectivity index is 2.11. The Hall–Kier alpha value is -1.02. The van der Waals surface area contributed by atoms with E-state index >= 15 is 0 Å². The van der Waals surface area contributed by atoms with Gasteiger partial charge in [-0.2, -0.15) is 11.3 Å². The Bertz CT molecular complexity index is 428. The van der Waals surface area contributed by atoms with Crippen molar-refractivity contribution in [1.29, 1.82) is 0 Å². The fourth-order valence-electron chi connectivity index (χ4n) is 1.67. The lowest BCUT2D eigenvalue weighted by molar-refractivity contribution is 1.12. The molecule has 0 radical (unpaired) electrons. The van der Waals surface area contributed by atoms with E-state index in [-0.39, 0.29) is 0 Å². The molecule has 1 heterocycles. The average Bonchev–Trinajstić information content (AvgIpc) is 2.65. The Morgan fingerprint density at radius 1 is 1.00 bits per heavy atom. The highest BCUT2D eigenvalue weighted by atomic mass is 32.1. The number of benzene rings is 1. The smallest absolute Gasteiger partial charge is 0.152 e. The molecule has 0 aliphatic carbocycles. The van der Waals surface area contributed by atoms with Crippen molar-refractivity contribution in [3.8, 4) is 0 Å². The van der Waals surface area contributed by atoms with E-state index in [0.717, 1.165) is 12.8 Å². The minimum atomic E-state index is 1.07. The quantitative estimate of drug-likeness (QED) is 0.687. The summed E-state index contributed by atoms with van der Waals surface area (Å²) in [5.74, 6) is 0. The van der Waals surface area contributed by atoms with Gasteiger partial charge < -0.3 is 0 Å². The van der Waals surface area contributed by atoms with Gasteiger partial charge in [-0.25, -0.2) is 0 Å². The molecule has 0 aliphatic rings. The summed E-state index contributed by atoms with van der Waals surface area (Å²) in [5.41, 5.74) is 2.83. The minimum Gasteiger partial charge on any atom is -0.156 e. The van der Waals surface area contributed by atoms with E-state index in [2.05, 4.69) is 51.2 Å². The topological polar surface area (TPSA) is 0 Å². The van der Waals surface area contributed by atoms with Gasteiger partial charge in [0.25, 0.3) is 0 Å². The predicted molar refractivity (Wildman–Crippen MR) is 71.1 cm³/mol. The van der Waals surface area contributed by atoms with Crippen LogP contribution in [0.3, 0.4) is 0 Å². The second kappa shape index (κ2) is 4.67. The van der Waals surface area contributed by atoms with Gasteiger partial charge in [0.05, 0.1) is 0 Å². The lowest BCUT2D eigenvalue weighted by Crippen LogP contribution is -1.90. The Kier molecular flexibility index (Phi) is 3.27. The van der Waals surface area contributed by atoms with Crippen LogP contribution in [-0.2, 0) is 12.8 Å². The minimum absolute atomic E-state index is 1.07. The number of aryl methyl sites for hydroxylation is 1. The van der Waals surface area contributed by atoms with Crippen molar-refractivity contribution < 1.29 is 0 Å². The van der Waals surface area contributed by atoms with Crippen LogP contribution >= 0.6 is 11.3 Å². The SMILES string of the molecule is Bc1ccc(Cc2ccc(CC)cc2)s1. The van der Waals surface area contributed by atoms with Gasteiger partial charge in [-0.15, -0.1) is 0 Å². The van der Waals surface area contributed by atoms with Crippen LogP contribution in [-0.4, -0.2) is 7.85 Å². The van der Waals surface area contributed by atoms with Crippen molar-refractivity contribution in [2.75, 3.05) is 0 Å². The summed E-state index contributed by atoms with van der Waals surface area (Å²) in [7, 11) is 2.16.